The number of furan rings is 1. The normalized spacial score (nSPS) is 13.5. The molecule has 0 amide bonds. The van der Waals surface area contributed by atoms with E-state index in [4.69, 9.17) is 13.9 Å². The first kappa shape index (κ1) is 13.2. The average molecular weight is 322 g/mol. The van der Waals surface area contributed by atoms with Crippen LogP contribution in [-0.4, -0.2) is 33.0 Å². The van der Waals surface area contributed by atoms with Crippen molar-refractivity contribution in [2.75, 3.05) is 13.2 Å². The topological polar surface area (TPSA) is 78.1 Å². The first-order valence-corrected chi connectivity index (χ1v) is 7.71. The van der Waals surface area contributed by atoms with Gasteiger partial charge in [-0.2, -0.15) is 5.10 Å². The summed E-state index contributed by atoms with van der Waals surface area (Å²) in [5.41, 5.74) is 2.61. The Morgan fingerprint density at radius 1 is 1.12 bits per heavy atom. The van der Waals surface area contributed by atoms with E-state index in [-0.39, 0.29) is 0 Å². The van der Waals surface area contributed by atoms with Gasteiger partial charge in [0.2, 0.25) is 0 Å². The summed E-state index contributed by atoms with van der Waals surface area (Å²) in [6.07, 6.45) is 3.42. The maximum absolute atomic E-state index is 5.64. The van der Waals surface area contributed by atoms with E-state index in [0.717, 1.165) is 39.8 Å². The Morgan fingerprint density at radius 2 is 2.04 bits per heavy atom. The fraction of sp³-hybridized carbons (Fsp3) is 0.176. The first-order valence-electron chi connectivity index (χ1n) is 7.71. The number of fused-ring (bicyclic) bond motifs is 2. The summed E-state index contributed by atoms with van der Waals surface area (Å²) in [5, 5.41) is 4.35. The molecule has 120 valence electrons. The van der Waals surface area contributed by atoms with Crippen LogP contribution in [0, 0.1) is 0 Å². The molecule has 1 aliphatic heterocycles. The molecule has 4 aromatic rings. The number of hydrogen-bond donors (Lipinski definition) is 1. The third kappa shape index (κ3) is 2.13. The van der Waals surface area contributed by atoms with E-state index in [9.17, 15) is 0 Å². The monoisotopic (exact) mass is 322 g/mol. The van der Waals surface area contributed by atoms with E-state index in [1.54, 1.807) is 12.5 Å². The molecule has 0 spiro atoms. The molecule has 1 aliphatic rings. The Kier molecular flexibility index (Phi) is 2.84. The molecule has 0 unspecified atom stereocenters. The number of ether oxygens (including phenoxy) is 2. The zero-order chi connectivity index (χ0) is 15.9. The second-order valence-electron chi connectivity index (χ2n) is 5.56. The van der Waals surface area contributed by atoms with Crippen LogP contribution in [0.5, 0.6) is 11.5 Å². The quantitative estimate of drug-likeness (QED) is 0.627. The lowest BCUT2D eigenvalue weighted by atomic mass is 10.2. The fourth-order valence-electron chi connectivity index (χ4n) is 2.84. The van der Waals surface area contributed by atoms with Crippen molar-refractivity contribution in [3.63, 3.8) is 0 Å². The predicted molar refractivity (Wildman–Crippen MR) is 86.1 cm³/mol. The van der Waals surface area contributed by atoms with Crippen molar-refractivity contribution >= 4 is 11.2 Å². The molecule has 1 N–H and O–H groups in total. The number of hydrogen-bond acceptors (Lipinski definition) is 5. The smallest absolute Gasteiger partial charge is 0.177 e. The van der Waals surface area contributed by atoms with Gasteiger partial charge in [0.1, 0.15) is 36.9 Å². The molecule has 4 heterocycles. The molecule has 0 aliphatic carbocycles. The molecule has 5 rings (SSSR count). The summed E-state index contributed by atoms with van der Waals surface area (Å²) < 4.78 is 18.4. The minimum Gasteiger partial charge on any atom is -0.486 e. The summed E-state index contributed by atoms with van der Waals surface area (Å²) in [5.74, 6) is 3.12. The first-order chi connectivity index (χ1) is 11.9. The standard InChI is InChI=1S/C17H14N4O3/c1-2-12(22-5-1)10-21-17-13(9-18-21)19-16(20-17)11-3-4-14-15(8-11)24-7-6-23-14/h1-5,8-9H,6-7,10H2,(H,19,20). The van der Waals surface area contributed by atoms with Crippen LogP contribution < -0.4 is 9.47 Å². The van der Waals surface area contributed by atoms with E-state index in [1.807, 2.05) is 35.0 Å². The second kappa shape index (κ2) is 5.16. The van der Waals surface area contributed by atoms with Crippen LogP contribution >= 0.6 is 0 Å². The van der Waals surface area contributed by atoms with E-state index in [1.165, 1.54) is 0 Å². The van der Waals surface area contributed by atoms with Crippen molar-refractivity contribution in [1.29, 1.82) is 0 Å². The molecular weight excluding hydrogens is 308 g/mol. The minimum absolute atomic E-state index is 0.544. The maximum Gasteiger partial charge on any atom is 0.177 e. The Morgan fingerprint density at radius 3 is 2.92 bits per heavy atom. The number of aromatic nitrogens is 4. The van der Waals surface area contributed by atoms with Crippen molar-refractivity contribution < 1.29 is 13.9 Å². The van der Waals surface area contributed by atoms with Crippen LogP contribution in [0.4, 0.5) is 0 Å². The average Bonchev–Trinajstić information content (AvgIpc) is 3.33. The molecule has 0 bridgehead atoms. The maximum atomic E-state index is 5.64. The Balaban J connectivity index is 1.52. The van der Waals surface area contributed by atoms with E-state index >= 15 is 0 Å². The molecule has 0 atom stereocenters. The number of nitrogens with one attached hydrogen (secondary N) is 1. The highest BCUT2D eigenvalue weighted by molar-refractivity contribution is 5.76. The van der Waals surface area contributed by atoms with Gasteiger partial charge in [-0.3, -0.25) is 0 Å². The molecular formula is C17H14N4O3. The van der Waals surface area contributed by atoms with Crippen LogP contribution in [0.25, 0.3) is 22.6 Å². The van der Waals surface area contributed by atoms with Crippen molar-refractivity contribution in [3.8, 4) is 22.9 Å². The van der Waals surface area contributed by atoms with Crippen LogP contribution in [-0.2, 0) is 6.54 Å². The predicted octanol–water partition coefficient (Wildman–Crippen LogP) is 2.84. The van der Waals surface area contributed by atoms with Gasteiger partial charge >= 0.3 is 0 Å². The lowest BCUT2D eigenvalue weighted by molar-refractivity contribution is 0.171. The van der Waals surface area contributed by atoms with Gasteiger partial charge in [0.25, 0.3) is 0 Å². The highest BCUT2D eigenvalue weighted by Crippen LogP contribution is 2.34. The van der Waals surface area contributed by atoms with Crippen LogP contribution in [0.1, 0.15) is 5.76 Å². The zero-order valence-electron chi connectivity index (χ0n) is 12.7. The summed E-state index contributed by atoms with van der Waals surface area (Å²) >= 11 is 0. The third-order valence-corrected chi connectivity index (χ3v) is 3.98. The van der Waals surface area contributed by atoms with Gasteiger partial charge in [-0.15, -0.1) is 0 Å². The molecule has 3 aromatic heterocycles. The number of imidazole rings is 1. The van der Waals surface area contributed by atoms with Crippen molar-refractivity contribution in [3.05, 3.63) is 48.6 Å². The zero-order valence-corrected chi connectivity index (χ0v) is 12.7. The van der Waals surface area contributed by atoms with Gasteiger partial charge in [-0.1, -0.05) is 0 Å². The summed E-state index contributed by atoms with van der Waals surface area (Å²) in [7, 11) is 0. The number of rotatable bonds is 3. The number of benzene rings is 1. The van der Waals surface area contributed by atoms with E-state index in [0.29, 0.717) is 19.8 Å². The highest BCUT2D eigenvalue weighted by Gasteiger charge is 2.16. The minimum atomic E-state index is 0.544. The summed E-state index contributed by atoms with van der Waals surface area (Å²) in [6.45, 7) is 1.69. The second-order valence-corrected chi connectivity index (χ2v) is 5.56. The Hall–Kier alpha value is -3.22. The van der Waals surface area contributed by atoms with Gasteiger partial charge < -0.3 is 18.9 Å². The van der Waals surface area contributed by atoms with Crippen LogP contribution in [0.2, 0.25) is 0 Å². The van der Waals surface area contributed by atoms with Crippen molar-refractivity contribution in [1.82, 2.24) is 19.7 Å². The molecule has 0 fully saturated rings. The van der Waals surface area contributed by atoms with E-state index < -0.39 is 0 Å². The molecule has 7 heteroatoms. The van der Waals surface area contributed by atoms with E-state index in [2.05, 4.69) is 15.1 Å². The highest BCUT2D eigenvalue weighted by atomic mass is 16.6. The van der Waals surface area contributed by atoms with Gasteiger partial charge in [-0.05, 0) is 30.3 Å². The SMILES string of the molecule is c1coc(Cn2ncc3[nH]c(-c4ccc5c(c4)OCCO5)nc32)c1. The van der Waals surface area contributed by atoms with Crippen molar-refractivity contribution in [2.45, 2.75) is 6.54 Å². The van der Waals surface area contributed by atoms with Gasteiger partial charge in [0, 0.05) is 5.56 Å². The Bertz CT molecular complexity index is 1000. The largest absolute Gasteiger partial charge is 0.486 e. The van der Waals surface area contributed by atoms with Crippen LogP contribution in [0.15, 0.2) is 47.2 Å². The molecule has 24 heavy (non-hydrogen) atoms. The number of aromatic amines is 1. The Labute approximate surface area is 136 Å². The van der Waals surface area contributed by atoms with Crippen LogP contribution in [0.3, 0.4) is 0 Å². The lowest BCUT2D eigenvalue weighted by Gasteiger charge is -2.18. The summed E-state index contributed by atoms with van der Waals surface area (Å²) in [4.78, 5) is 7.98. The van der Waals surface area contributed by atoms with Gasteiger partial charge in [-0.25, -0.2) is 9.67 Å². The lowest BCUT2D eigenvalue weighted by Crippen LogP contribution is -2.15. The third-order valence-electron chi connectivity index (χ3n) is 3.98. The van der Waals surface area contributed by atoms with Gasteiger partial charge in [0.15, 0.2) is 17.1 Å². The molecule has 0 radical (unpaired) electrons. The molecule has 0 saturated carbocycles. The summed E-state index contributed by atoms with van der Waals surface area (Å²) in [6, 6.07) is 9.60. The fourth-order valence-corrected chi connectivity index (χ4v) is 2.84. The molecule has 7 nitrogen and oxygen atoms in total. The van der Waals surface area contributed by atoms with Crippen molar-refractivity contribution in [2.24, 2.45) is 0 Å². The molecule has 1 aromatic carbocycles. The number of nitrogens with zero attached hydrogens (tertiary/aromatic N) is 3. The number of H-pyrrole nitrogens is 1. The molecule has 0 saturated heterocycles. The van der Waals surface area contributed by atoms with Gasteiger partial charge in [0.05, 0.1) is 12.5 Å².